The van der Waals surface area contributed by atoms with E-state index in [4.69, 9.17) is 15.9 Å². The van der Waals surface area contributed by atoms with Gasteiger partial charge in [0.1, 0.15) is 0 Å². The van der Waals surface area contributed by atoms with Crippen molar-refractivity contribution in [3.05, 3.63) is 23.3 Å². The van der Waals surface area contributed by atoms with Crippen molar-refractivity contribution in [2.24, 2.45) is 17.3 Å². The van der Waals surface area contributed by atoms with E-state index in [-0.39, 0.29) is 23.2 Å². The lowest BCUT2D eigenvalue weighted by Crippen LogP contribution is -2.20. The van der Waals surface area contributed by atoms with Gasteiger partial charge in [0.2, 0.25) is 0 Å². The smallest absolute Gasteiger partial charge is 0.311 e. The second kappa shape index (κ2) is 7.65. The molecule has 1 aliphatic rings. The van der Waals surface area contributed by atoms with Crippen LogP contribution in [0.2, 0.25) is 0 Å². The zero-order valence-corrected chi connectivity index (χ0v) is 14.6. The molecule has 1 rings (SSSR count). The molecule has 122 valence electrons. The Hall–Kier alpha value is -1.53. The zero-order chi connectivity index (χ0) is 16.9. The Morgan fingerprint density at radius 1 is 1.41 bits per heavy atom. The van der Waals surface area contributed by atoms with E-state index in [9.17, 15) is 4.79 Å². The molecule has 3 unspecified atom stereocenters. The normalized spacial score (nSPS) is 25.3. The topological polar surface area (TPSA) is 35.5 Å². The fourth-order valence-corrected chi connectivity index (χ4v) is 2.90. The Morgan fingerprint density at radius 2 is 2.05 bits per heavy atom. The van der Waals surface area contributed by atoms with Gasteiger partial charge in [0.05, 0.1) is 12.5 Å². The number of carbonyl (C=O) groups excluding carboxylic acids is 1. The number of esters is 1. The maximum Gasteiger partial charge on any atom is 0.311 e. The highest BCUT2D eigenvalue weighted by atomic mass is 16.5. The van der Waals surface area contributed by atoms with E-state index in [1.54, 1.807) is 7.11 Å². The highest BCUT2D eigenvalue weighted by Gasteiger charge is 2.61. The van der Waals surface area contributed by atoms with E-state index < -0.39 is 6.10 Å². The molecule has 22 heavy (non-hydrogen) atoms. The third-order valence-electron chi connectivity index (χ3n) is 4.33. The summed E-state index contributed by atoms with van der Waals surface area (Å²) in [5.41, 5.74) is 1.96. The Morgan fingerprint density at radius 3 is 2.55 bits per heavy atom. The largest absolute Gasteiger partial charge is 0.444 e. The maximum atomic E-state index is 12.4. The quantitative estimate of drug-likeness (QED) is 0.408. The third kappa shape index (κ3) is 4.24. The van der Waals surface area contributed by atoms with E-state index >= 15 is 0 Å². The first-order valence-electron chi connectivity index (χ1n) is 7.79. The number of rotatable bonds is 7. The SMILES string of the molecule is C#CC(OC(=O)C1C(C=C(C)COC)C1(C)C)C(C)=CCC. The third-order valence-corrected chi connectivity index (χ3v) is 4.33. The van der Waals surface area contributed by atoms with Gasteiger partial charge >= 0.3 is 5.97 Å². The summed E-state index contributed by atoms with van der Waals surface area (Å²) in [6.07, 6.45) is 9.93. The van der Waals surface area contributed by atoms with Crippen LogP contribution in [0.15, 0.2) is 23.3 Å². The highest BCUT2D eigenvalue weighted by Crippen LogP contribution is 2.60. The Balaban J connectivity index is 2.76. The summed E-state index contributed by atoms with van der Waals surface area (Å²) in [6, 6.07) is 0. The number of allylic oxidation sites excluding steroid dienone is 2. The van der Waals surface area contributed by atoms with Crippen molar-refractivity contribution in [1.82, 2.24) is 0 Å². The first kappa shape index (κ1) is 18.5. The summed E-state index contributed by atoms with van der Waals surface area (Å²) in [4.78, 5) is 12.4. The molecule has 0 N–H and O–H groups in total. The molecule has 0 saturated heterocycles. The molecule has 1 fully saturated rings. The lowest BCUT2D eigenvalue weighted by Gasteiger charge is -2.13. The summed E-state index contributed by atoms with van der Waals surface area (Å²) in [6.45, 7) is 10.7. The van der Waals surface area contributed by atoms with Crippen LogP contribution in [0.1, 0.15) is 41.0 Å². The monoisotopic (exact) mass is 304 g/mol. The van der Waals surface area contributed by atoms with Crippen LogP contribution >= 0.6 is 0 Å². The van der Waals surface area contributed by atoms with Crippen LogP contribution in [0.3, 0.4) is 0 Å². The lowest BCUT2D eigenvalue weighted by molar-refractivity contribution is -0.147. The molecular weight excluding hydrogens is 276 g/mol. The van der Waals surface area contributed by atoms with Crippen molar-refractivity contribution < 1.29 is 14.3 Å². The molecule has 0 aromatic carbocycles. The average molecular weight is 304 g/mol. The van der Waals surface area contributed by atoms with Crippen molar-refractivity contribution in [3.8, 4) is 12.3 Å². The summed E-state index contributed by atoms with van der Waals surface area (Å²) in [5, 5.41) is 0. The molecule has 0 bridgehead atoms. The first-order valence-corrected chi connectivity index (χ1v) is 7.79. The second-order valence-electron chi connectivity index (χ2n) is 6.61. The van der Waals surface area contributed by atoms with E-state index in [1.807, 2.05) is 26.8 Å². The molecule has 0 aliphatic heterocycles. The first-order chi connectivity index (χ1) is 10.3. The van der Waals surface area contributed by atoms with Gasteiger partial charge in [-0.3, -0.25) is 4.79 Å². The molecule has 0 aromatic rings. The Kier molecular flexibility index (Phi) is 6.44. The number of hydrogen-bond donors (Lipinski definition) is 0. The van der Waals surface area contributed by atoms with Crippen molar-refractivity contribution in [3.63, 3.8) is 0 Å². The van der Waals surface area contributed by atoms with Crippen LogP contribution < -0.4 is 0 Å². The fourth-order valence-electron chi connectivity index (χ4n) is 2.90. The number of carbonyl (C=O) groups is 1. The maximum absolute atomic E-state index is 12.4. The van der Waals surface area contributed by atoms with E-state index in [0.29, 0.717) is 6.61 Å². The summed E-state index contributed by atoms with van der Waals surface area (Å²) in [5.74, 6) is 2.40. The van der Waals surface area contributed by atoms with Crippen LogP contribution in [0.25, 0.3) is 0 Å². The summed E-state index contributed by atoms with van der Waals surface area (Å²) < 4.78 is 10.7. The van der Waals surface area contributed by atoms with Crippen molar-refractivity contribution in [2.45, 2.75) is 47.1 Å². The average Bonchev–Trinajstić information content (AvgIpc) is 2.97. The van der Waals surface area contributed by atoms with E-state index in [1.165, 1.54) is 0 Å². The number of terminal acetylenes is 1. The van der Waals surface area contributed by atoms with Gasteiger partial charge in [-0.15, -0.1) is 6.42 Å². The second-order valence-corrected chi connectivity index (χ2v) is 6.61. The number of ether oxygens (including phenoxy) is 2. The molecule has 0 radical (unpaired) electrons. The van der Waals surface area contributed by atoms with Crippen LogP contribution in [0, 0.1) is 29.6 Å². The minimum atomic E-state index is -0.562. The van der Waals surface area contributed by atoms with Gasteiger partial charge < -0.3 is 9.47 Å². The van der Waals surface area contributed by atoms with Crippen LogP contribution in [0.4, 0.5) is 0 Å². The van der Waals surface area contributed by atoms with Gasteiger partial charge in [-0.2, -0.15) is 0 Å². The molecule has 3 heteroatoms. The van der Waals surface area contributed by atoms with E-state index in [0.717, 1.165) is 17.6 Å². The number of methoxy groups -OCH3 is 1. The van der Waals surface area contributed by atoms with Crippen LogP contribution in [-0.2, 0) is 14.3 Å². The van der Waals surface area contributed by atoms with Crippen LogP contribution in [0.5, 0.6) is 0 Å². The fraction of sp³-hybridized carbons (Fsp3) is 0.632. The molecule has 1 saturated carbocycles. The molecule has 1 aliphatic carbocycles. The molecular formula is C19H28O3. The van der Waals surface area contributed by atoms with Gasteiger partial charge in [0, 0.05) is 7.11 Å². The van der Waals surface area contributed by atoms with Crippen molar-refractivity contribution in [2.75, 3.05) is 13.7 Å². The minimum Gasteiger partial charge on any atom is -0.444 e. The Labute approximate surface area is 134 Å². The predicted molar refractivity (Wildman–Crippen MR) is 89.2 cm³/mol. The van der Waals surface area contributed by atoms with Crippen LogP contribution in [-0.4, -0.2) is 25.8 Å². The summed E-state index contributed by atoms with van der Waals surface area (Å²) in [7, 11) is 1.67. The minimum absolute atomic E-state index is 0.0897. The highest BCUT2D eigenvalue weighted by molar-refractivity contribution is 5.79. The van der Waals surface area contributed by atoms with E-state index in [2.05, 4.69) is 25.8 Å². The molecule has 0 amide bonds. The van der Waals surface area contributed by atoms with Gasteiger partial charge in [-0.25, -0.2) is 0 Å². The molecule has 0 spiro atoms. The molecule has 3 atom stereocenters. The Bertz CT molecular complexity index is 505. The standard InChI is InChI=1S/C19H28O3/c1-8-10-14(4)16(9-2)22-18(20)17-15(19(17,5)6)11-13(3)12-21-7/h2,10-11,15-17H,8,12H2,1,3-7H3. The predicted octanol–water partition coefficient (Wildman–Crippen LogP) is 3.75. The molecule has 3 nitrogen and oxygen atoms in total. The van der Waals surface area contributed by atoms with Gasteiger partial charge in [-0.1, -0.05) is 44.4 Å². The summed E-state index contributed by atoms with van der Waals surface area (Å²) >= 11 is 0. The van der Waals surface area contributed by atoms with Crippen molar-refractivity contribution in [1.29, 1.82) is 0 Å². The van der Waals surface area contributed by atoms with Crippen molar-refractivity contribution >= 4 is 5.97 Å². The molecule has 0 heterocycles. The molecule has 0 aromatic heterocycles. The number of hydrogen-bond acceptors (Lipinski definition) is 3. The van der Waals surface area contributed by atoms with Gasteiger partial charge in [0.25, 0.3) is 0 Å². The lowest BCUT2D eigenvalue weighted by atomic mass is 10.1. The van der Waals surface area contributed by atoms with Gasteiger partial charge in [0.15, 0.2) is 6.10 Å². The van der Waals surface area contributed by atoms with Gasteiger partial charge in [-0.05, 0) is 37.2 Å². The zero-order valence-electron chi connectivity index (χ0n) is 14.6.